The summed E-state index contributed by atoms with van der Waals surface area (Å²) in [4.78, 5) is 43.0. The maximum absolute atomic E-state index is 11.3. The summed E-state index contributed by atoms with van der Waals surface area (Å²) in [5, 5.41) is 38.7. The molecule has 16 nitrogen and oxygen atoms in total. The number of carbonyl (C=O) groups is 3. The van der Waals surface area contributed by atoms with Gasteiger partial charge < -0.3 is 52.8 Å². The minimum Gasteiger partial charge on any atom is -0.463 e. The highest BCUT2D eigenvalue weighted by atomic mass is 35.5. The SMILES string of the molecule is C#CCCCCCCCCCCCC(O)CC(O)COC(C)=O.C=CCCCCCCCCCCCC(O)CC(O)COC(C)=O.Cl.NC(N)=NC(=O)c1nc(Cl)c(N)nc1N. The molecular formula is C44H79Cl2N7O9. The highest BCUT2D eigenvalue weighted by Crippen LogP contribution is 2.18. The molecular weight excluding hydrogens is 841 g/mol. The third kappa shape index (κ3) is 41.6. The van der Waals surface area contributed by atoms with Crippen LogP contribution in [0.3, 0.4) is 0 Å². The van der Waals surface area contributed by atoms with E-state index in [4.69, 9.17) is 50.4 Å². The van der Waals surface area contributed by atoms with Gasteiger partial charge >= 0.3 is 17.8 Å². The van der Waals surface area contributed by atoms with Crippen molar-refractivity contribution < 1.29 is 44.3 Å². The second kappa shape index (κ2) is 42.6. The Bertz CT molecular complexity index is 1400. The van der Waals surface area contributed by atoms with E-state index in [0.29, 0.717) is 12.8 Å². The number of ether oxygens (including phenoxy) is 2. The molecule has 1 aromatic heterocycles. The Kier molecular flexibility index (Phi) is 43.0. The normalized spacial score (nSPS) is 12.3. The molecule has 0 aromatic carbocycles. The minimum absolute atomic E-state index is 0. The van der Waals surface area contributed by atoms with Gasteiger partial charge in [-0.05, 0) is 32.1 Å². The lowest BCUT2D eigenvalue weighted by atomic mass is 10.0. The fourth-order valence-electron chi connectivity index (χ4n) is 5.95. The van der Waals surface area contributed by atoms with E-state index in [9.17, 15) is 34.8 Å². The number of allylic oxidation sites excluding steroid dienone is 1. The summed E-state index contributed by atoms with van der Waals surface area (Å²) < 4.78 is 9.42. The molecule has 0 saturated carbocycles. The van der Waals surface area contributed by atoms with E-state index in [2.05, 4.69) is 27.5 Å². The van der Waals surface area contributed by atoms with Gasteiger partial charge in [-0.3, -0.25) is 14.4 Å². The standard InChI is InChI=1S/C19H36O4.C19H34O4.C6H8ClN7O.ClH/c2*1-3-4-5-6-7-8-9-10-11-12-13-14-18(21)15-19(22)16-23-17(2)20;7-2-4(9)13-3(8)1(12-2)5(15)14-6(10)11;/h3,18-19,21-22H,1,4-16H2,2H3;1,18-19,21-22H,4-16H2,2H3;(H4,8,9,13)(H4,10,11,14,15);1H. The second-order valence-corrected chi connectivity index (χ2v) is 15.5. The number of esters is 2. The van der Waals surface area contributed by atoms with E-state index in [1.807, 2.05) is 6.08 Å². The Morgan fingerprint density at radius 3 is 1.45 bits per heavy atom. The van der Waals surface area contributed by atoms with Crippen LogP contribution in [0.4, 0.5) is 11.6 Å². The predicted molar refractivity (Wildman–Crippen MR) is 250 cm³/mol. The van der Waals surface area contributed by atoms with Crippen molar-refractivity contribution in [2.75, 3.05) is 24.7 Å². The van der Waals surface area contributed by atoms with E-state index < -0.39 is 48.2 Å². The zero-order chi connectivity index (χ0) is 46.3. The molecule has 12 N–H and O–H groups in total. The number of guanidine groups is 1. The van der Waals surface area contributed by atoms with Gasteiger partial charge in [-0.2, -0.15) is 4.99 Å². The van der Waals surface area contributed by atoms with Gasteiger partial charge in [-0.15, -0.1) is 31.3 Å². The van der Waals surface area contributed by atoms with Crippen LogP contribution in [0.5, 0.6) is 0 Å². The highest BCUT2D eigenvalue weighted by Gasteiger charge is 2.16. The highest BCUT2D eigenvalue weighted by molar-refractivity contribution is 6.31. The van der Waals surface area contributed by atoms with Crippen LogP contribution in [-0.4, -0.2) is 91.8 Å². The first-order chi connectivity index (χ1) is 29.0. The van der Waals surface area contributed by atoms with E-state index >= 15 is 0 Å². The van der Waals surface area contributed by atoms with Crippen molar-refractivity contribution in [2.45, 2.75) is 192 Å². The van der Waals surface area contributed by atoms with Crippen LogP contribution in [0.25, 0.3) is 0 Å². The van der Waals surface area contributed by atoms with Gasteiger partial charge in [0.15, 0.2) is 28.4 Å². The lowest BCUT2D eigenvalue weighted by Crippen LogP contribution is -2.24. The summed E-state index contributed by atoms with van der Waals surface area (Å²) in [5.41, 5.74) is 20.5. The topological polar surface area (TPSA) is 293 Å². The molecule has 4 unspecified atom stereocenters. The Morgan fingerprint density at radius 1 is 0.694 bits per heavy atom. The van der Waals surface area contributed by atoms with Crippen LogP contribution >= 0.6 is 24.0 Å². The molecule has 0 aliphatic heterocycles. The number of aliphatic hydroxyl groups is 4. The third-order valence-electron chi connectivity index (χ3n) is 9.19. The Labute approximate surface area is 381 Å². The quantitative estimate of drug-likeness (QED) is 0.00915. The molecule has 358 valence electrons. The lowest BCUT2D eigenvalue weighted by Gasteiger charge is -2.15. The fourth-order valence-corrected chi connectivity index (χ4v) is 6.07. The summed E-state index contributed by atoms with van der Waals surface area (Å²) >= 11 is 5.55. The van der Waals surface area contributed by atoms with E-state index in [0.717, 1.165) is 44.9 Å². The van der Waals surface area contributed by atoms with Crippen molar-refractivity contribution in [1.82, 2.24) is 9.97 Å². The zero-order valence-electron chi connectivity index (χ0n) is 37.3. The second-order valence-electron chi connectivity index (χ2n) is 15.1. The number of unbranched alkanes of at least 4 members (excludes halogenated alkanes) is 18. The van der Waals surface area contributed by atoms with Crippen molar-refractivity contribution in [2.24, 2.45) is 16.5 Å². The number of halogens is 2. The fraction of sp³-hybridized carbons (Fsp3) is 0.727. The summed E-state index contributed by atoms with van der Waals surface area (Å²) in [6, 6.07) is 0. The molecule has 0 radical (unpaired) electrons. The Balaban J connectivity index is -0.000000854. The van der Waals surface area contributed by atoms with Crippen LogP contribution in [-0.2, 0) is 19.1 Å². The zero-order valence-corrected chi connectivity index (χ0v) is 38.9. The summed E-state index contributed by atoms with van der Waals surface area (Å²) in [5.74, 6) is 0.355. The number of nitrogens with zero attached hydrogens (tertiary/aromatic N) is 3. The van der Waals surface area contributed by atoms with Crippen LogP contribution < -0.4 is 22.9 Å². The number of hydrogen-bond donors (Lipinski definition) is 8. The predicted octanol–water partition coefficient (Wildman–Crippen LogP) is 6.85. The molecule has 1 amide bonds. The number of terminal acetylenes is 1. The van der Waals surface area contributed by atoms with E-state index in [-0.39, 0.29) is 60.9 Å². The van der Waals surface area contributed by atoms with Gasteiger partial charge in [-0.25, -0.2) is 9.97 Å². The third-order valence-corrected chi connectivity index (χ3v) is 9.47. The molecule has 1 rings (SSSR count). The molecule has 4 atom stereocenters. The Hall–Kier alpha value is -3.72. The molecule has 0 fully saturated rings. The smallest absolute Gasteiger partial charge is 0.302 e. The molecule has 0 saturated heterocycles. The van der Waals surface area contributed by atoms with Crippen LogP contribution in [0, 0.1) is 12.3 Å². The molecule has 0 spiro atoms. The molecule has 18 heteroatoms. The number of nitrogens with two attached hydrogens (primary N) is 4. The maximum Gasteiger partial charge on any atom is 0.302 e. The minimum atomic E-state index is -0.832. The largest absolute Gasteiger partial charge is 0.463 e. The summed E-state index contributed by atoms with van der Waals surface area (Å²) in [7, 11) is 0. The van der Waals surface area contributed by atoms with Crippen LogP contribution in [0.1, 0.15) is 178 Å². The number of hydrogen-bond acceptors (Lipinski definition) is 13. The molecule has 0 aliphatic carbocycles. The first-order valence-electron chi connectivity index (χ1n) is 21.8. The molecule has 0 bridgehead atoms. The average Bonchev–Trinajstić information content (AvgIpc) is 3.19. The van der Waals surface area contributed by atoms with Gasteiger partial charge in [0.05, 0.1) is 24.4 Å². The van der Waals surface area contributed by atoms with Gasteiger partial charge in [0, 0.05) is 33.1 Å². The van der Waals surface area contributed by atoms with Crippen molar-refractivity contribution in [3.8, 4) is 12.3 Å². The van der Waals surface area contributed by atoms with Crippen molar-refractivity contribution in [3.63, 3.8) is 0 Å². The van der Waals surface area contributed by atoms with Gasteiger partial charge in [0.2, 0.25) is 0 Å². The van der Waals surface area contributed by atoms with Gasteiger partial charge in [0.1, 0.15) is 13.2 Å². The number of aromatic nitrogens is 2. The van der Waals surface area contributed by atoms with Crippen molar-refractivity contribution >= 4 is 59.4 Å². The molecule has 0 aliphatic rings. The number of nitrogen functional groups attached to an aromatic ring is 2. The van der Waals surface area contributed by atoms with Crippen molar-refractivity contribution in [1.29, 1.82) is 0 Å². The summed E-state index contributed by atoms with van der Waals surface area (Å²) in [6.45, 7) is 6.28. The van der Waals surface area contributed by atoms with Gasteiger partial charge in [0.25, 0.3) is 0 Å². The lowest BCUT2D eigenvalue weighted by molar-refractivity contribution is -0.145. The molecule has 62 heavy (non-hydrogen) atoms. The number of anilines is 2. The van der Waals surface area contributed by atoms with E-state index in [1.54, 1.807) is 0 Å². The number of amides is 1. The monoisotopic (exact) mass is 920 g/mol. The number of carbonyl (C=O) groups excluding carboxylic acids is 3. The first kappa shape index (κ1) is 62.6. The number of aliphatic imine (C=N–C) groups is 1. The Morgan fingerprint density at radius 2 is 1.08 bits per heavy atom. The first-order valence-corrected chi connectivity index (χ1v) is 22.2. The number of rotatable bonds is 32. The van der Waals surface area contributed by atoms with Crippen LogP contribution in [0.2, 0.25) is 5.15 Å². The van der Waals surface area contributed by atoms with Gasteiger partial charge in [-0.1, -0.05) is 120 Å². The van der Waals surface area contributed by atoms with Crippen LogP contribution in [0.15, 0.2) is 17.6 Å². The molecule has 1 heterocycles. The number of aliphatic hydroxyl groups excluding tert-OH is 4. The molecule has 1 aromatic rings. The van der Waals surface area contributed by atoms with Crippen molar-refractivity contribution in [3.05, 3.63) is 23.5 Å². The van der Waals surface area contributed by atoms with E-state index in [1.165, 1.54) is 97.3 Å². The summed E-state index contributed by atoms with van der Waals surface area (Å²) in [6.07, 6.45) is 30.5. The maximum atomic E-state index is 11.3. The average molecular weight is 921 g/mol.